The van der Waals surface area contributed by atoms with E-state index in [1.165, 1.54) is 0 Å². The van der Waals surface area contributed by atoms with Crippen molar-refractivity contribution in [3.8, 4) is 0 Å². The summed E-state index contributed by atoms with van der Waals surface area (Å²) in [6.07, 6.45) is 0. The molecule has 2 aromatic rings. The highest BCUT2D eigenvalue weighted by molar-refractivity contribution is 5.77. The van der Waals surface area contributed by atoms with Gasteiger partial charge in [0.25, 0.3) is 5.56 Å². The molecule has 1 heterocycles. The molecule has 0 unspecified atom stereocenters. The van der Waals surface area contributed by atoms with Crippen molar-refractivity contribution in [3.05, 3.63) is 40.4 Å². The van der Waals surface area contributed by atoms with E-state index in [1.807, 2.05) is 18.2 Å². The van der Waals surface area contributed by atoms with E-state index in [-0.39, 0.29) is 5.56 Å². The van der Waals surface area contributed by atoms with E-state index in [9.17, 15) is 4.79 Å². The second-order valence-corrected chi connectivity index (χ2v) is 4.21. The van der Waals surface area contributed by atoms with Crippen LogP contribution in [0.1, 0.15) is 19.7 Å². The van der Waals surface area contributed by atoms with Gasteiger partial charge in [-0.1, -0.05) is 12.1 Å². The summed E-state index contributed by atoms with van der Waals surface area (Å²) in [7, 11) is 0. The van der Waals surface area contributed by atoms with Gasteiger partial charge in [0, 0.05) is 0 Å². The number of quaternary nitrogens is 1. The predicted octanol–water partition coefficient (Wildman–Crippen LogP) is 0.395. The quantitative estimate of drug-likeness (QED) is 0.783. The van der Waals surface area contributed by atoms with Gasteiger partial charge in [-0.25, -0.2) is 4.98 Å². The van der Waals surface area contributed by atoms with Crippen LogP contribution in [0.4, 0.5) is 0 Å². The Morgan fingerprint density at radius 1 is 1.38 bits per heavy atom. The molecule has 1 aromatic heterocycles. The van der Waals surface area contributed by atoms with Gasteiger partial charge in [-0.3, -0.25) is 4.79 Å². The molecule has 4 heteroatoms. The van der Waals surface area contributed by atoms with Gasteiger partial charge in [-0.15, -0.1) is 0 Å². The van der Waals surface area contributed by atoms with Crippen LogP contribution in [-0.2, 0) is 6.54 Å². The fourth-order valence-corrected chi connectivity index (χ4v) is 1.58. The molecule has 0 atom stereocenters. The van der Waals surface area contributed by atoms with Gasteiger partial charge in [0.1, 0.15) is 6.54 Å². The molecule has 0 aliphatic carbocycles. The summed E-state index contributed by atoms with van der Waals surface area (Å²) in [5, 5.41) is 2.78. The minimum atomic E-state index is -0.0576. The fourth-order valence-electron chi connectivity index (χ4n) is 1.58. The van der Waals surface area contributed by atoms with Gasteiger partial charge in [0.15, 0.2) is 5.82 Å². The van der Waals surface area contributed by atoms with Gasteiger partial charge in [-0.05, 0) is 26.0 Å². The number of nitrogens with two attached hydrogens (primary N) is 1. The molecule has 3 N–H and O–H groups in total. The van der Waals surface area contributed by atoms with Crippen LogP contribution in [-0.4, -0.2) is 16.0 Å². The third-order valence-corrected chi connectivity index (χ3v) is 2.44. The Balaban J connectivity index is 2.38. The van der Waals surface area contributed by atoms with E-state index in [4.69, 9.17) is 0 Å². The van der Waals surface area contributed by atoms with Crippen LogP contribution < -0.4 is 10.9 Å². The molecule has 1 aromatic carbocycles. The number of fused-ring (bicyclic) bond motifs is 1. The van der Waals surface area contributed by atoms with Crippen LogP contribution in [0.3, 0.4) is 0 Å². The number of nitrogens with one attached hydrogen (secondary N) is 1. The lowest BCUT2D eigenvalue weighted by molar-refractivity contribution is -0.699. The lowest BCUT2D eigenvalue weighted by Crippen LogP contribution is -2.87. The molecule has 0 spiro atoms. The average molecular weight is 218 g/mol. The number of hydrogen-bond acceptors (Lipinski definition) is 2. The first-order valence-electron chi connectivity index (χ1n) is 5.48. The van der Waals surface area contributed by atoms with Crippen LogP contribution in [0, 0.1) is 0 Å². The number of hydrogen-bond donors (Lipinski definition) is 2. The third kappa shape index (κ3) is 2.28. The molecule has 84 valence electrons. The Bertz CT molecular complexity index is 545. The van der Waals surface area contributed by atoms with Crippen molar-refractivity contribution in [2.24, 2.45) is 0 Å². The first-order valence-corrected chi connectivity index (χ1v) is 5.48. The number of aromatic nitrogens is 2. The van der Waals surface area contributed by atoms with Crippen molar-refractivity contribution in [2.45, 2.75) is 26.4 Å². The third-order valence-electron chi connectivity index (χ3n) is 2.44. The minimum Gasteiger partial charge on any atom is -0.338 e. The lowest BCUT2D eigenvalue weighted by Gasteiger charge is -2.04. The summed E-state index contributed by atoms with van der Waals surface area (Å²) in [5.74, 6) is 0.734. The van der Waals surface area contributed by atoms with Gasteiger partial charge in [0.2, 0.25) is 0 Å². The number of aromatic amines is 1. The van der Waals surface area contributed by atoms with Crippen molar-refractivity contribution in [1.82, 2.24) is 9.97 Å². The molecule has 2 rings (SSSR count). The zero-order chi connectivity index (χ0) is 11.5. The van der Waals surface area contributed by atoms with Gasteiger partial charge in [0.05, 0.1) is 16.9 Å². The zero-order valence-corrected chi connectivity index (χ0v) is 9.53. The van der Waals surface area contributed by atoms with Crippen LogP contribution in [0.25, 0.3) is 10.9 Å². The smallest absolute Gasteiger partial charge is 0.258 e. The summed E-state index contributed by atoms with van der Waals surface area (Å²) in [5.41, 5.74) is 0.705. The molecule has 0 saturated carbocycles. The molecule has 0 amide bonds. The second kappa shape index (κ2) is 4.45. The standard InChI is InChI=1S/C12H15N3O/c1-8(2)13-7-11-14-10-6-4-3-5-9(10)12(16)15-11/h3-6,8,13H,7H2,1-2H3,(H,14,15,16)/p+1. The highest BCUT2D eigenvalue weighted by atomic mass is 16.1. The highest BCUT2D eigenvalue weighted by Crippen LogP contribution is 2.04. The summed E-state index contributed by atoms with van der Waals surface area (Å²) in [6.45, 7) is 4.93. The number of H-pyrrole nitrogens is 1. The second-order valence-electron chi connectivity index (χ2n) is 4.21. The number of benzene rings is 1. The summed E-state index contributed by atoms with van der Waals surface area (Å²) >= 11 is 0. The molecule has 0 radical (unpaired) electrons. The summed E-state index contributed by atoms with van der Waals surface area (Å²) in [4.78, 5) is 19.0. The largest absolute Gasteiger partial charge is 0.338 e. The summed E-state index contributed by atoms with van der Waals surface area (Å²) < 4.78 is 0. The molecule has 0 saturated heterocycles. The maximum absolute atomic E-state index is 11.7. The van der Waals surface area contributed by atoms with E-state index in [0.29, 0.717) is 18.0 Å². The zero-order valence-electron chi connectivity index (χ0n) is 9.53. The summed E-state index contributed by atoms with van der Waals surface area (Å²) in [6, 6.07) is 7.89. The molecule has 0 aliphatic rings. The highest BCUT2D eigenvalue weighted by Gasteiger charge is 2.05. The molecule has 16 heavy (non-hydrogen) atoms. The predicted molar refractivity (Wildman–Crippen MR) is 63.1 cm³/mol. The molecule has 0 aliphatic heterocycles. The van der Waals surface area contributed by atoms with Gasteiger partial charge >= 0.3 is 0 Å². The molecular weight excluding hydrogens is 202 g/mol. The number of rotatable bonds is 3. The lowest BCUT2D eigenvalue weighted by atomic mass is 10.2. The van der Waals surface area contributed by atoms with Crippen molar-refractivity contribution < 1.29 is 5.32 Å². The van der Waals surface area contributed by atoms with Crippen molar-refractivity contribution in [3.63, 3.8) is 0 Å². The first kappa shape index (κ1) is 10.8. The maximum Gasteiger partial charge on any atom is 0.258 e. The number of para-hydroxylation sites is 1. The fraction of sp³-hybridized carbons (Fsp3) is 0.333. The van der Waals surface area contributed by atoms with Gasteiger partial charge in [-0.2, -0.15) is 0 Å². The molecule has 0 bridgehead atoms. The monoisotopic (exact) mass is 218 g/mol. The van der Waals surface area contributed by atoms with E-state index >= 15 is 0 Å². The van der Waals surface area contributed by atoms with Crippen LogP contribution in [0.15, 0.2) is 29.1 Å². The van der Waals surface area contributed by atoms with Crippen molar-refractivity contribution >= 4 is 10.9 Å². The molecule has 4 nitrogen and oxygen atoms in total. The maximum atomic E-state index is 11.7. The topological polar surface area (TPSA) is 62.4 Å². The molecular formula is C12H16N3O+. The Labute approximate surface area is 93.7 Å². The van der Waals surface area contributed by atoms with Crippen LogP contribution >= 0.6 is 0 Å². The molecule has 0 fully saturated rings. The SMILES string of the molecule is CC(C)[NH2+]Cc1nc2ccccc2c(=O)[nH]1. The van der Waals surface area contributed by atoms with E-state index in [2.05, 4.69) is 29.1 Å². The van der Waals surface area contributed by atoms with E-state index in [1.54, 1.807) is 6.07 Å². The van der Waals surface area contributed by atoms with Crippen molar-refractivity contribution in [1.29, 1.82) is 0 Å². The Kier molecular flexibility index (Phi) is 3.01. The Morgan fingerprint density at radius 2 is 2.12 bits per heavy atom. The van der Waals surface area contributed by atoms with E-state index < -0.39 is 0 Å². The van der Waals surface area contributed by atoms with Gasteiger partial charge < -0.3 is 10.3 Å². The number of nitrogens with zero attached hydrogens (tertiary/aromatic N) is 1. The Morgan fingerprint density at radius 3 is 2.88 bits per heavy atom. The minimum absolute atomic E-state index is 0.0576. The van der Waals surface area contributed by atoms with Crippen LogP contribution in [0.5, 0.6) is 0 Å². The first-order chi connectivity index (χ1) is 7.66. The van der Waals surface area contributed by atoms with Crippen molar-refractivity contribution in [2.75, 3.05) is 0 Å². The average Bonchev–Trinajstić information content (AvgIpc) is 2.26. The Hall–Kier alpha value is -1.68. The normalized spacial score (nSPS) is 11.2. The van der Waals surface area contributed by atoms with Crippen LogP contribution in [0.2, 0.25) is 0 Å². The van der Waals surface area contributed by atoms with E-state index in [0.717, 1.165) is 11.3 Å².